The average molecular weight is 329 g/mol. The van der Waals surface area contributed by atoms with Crippen LogP contribution in [0, 0.1) is 28.4 Å². The number of hydrogen-bond acceptors (Lipinski definition) is 7. The number of carbonyl (C=O) groups is 2. The average Bonchev–Trinajstić information content (AvgIpc) is 2.89. The maximum atomic E-state index is 12.2. The van der Waals surface area contributed by atoms with E-state index in [-0.39, 0.29) is 34.0 Å². The Kier molecular flexibility index (Phi) is 4.60. The van der Waals surface area contributed by atoms with Crippen LogP contribution in [0.1, 0.15) is 32.0 Å². The summed E-state index contributed by atoms with van der Waals surface area (Å²) in [6, 6.07) is 6.65. The number of nitro benzene ring substituents is 1. The van der Waals surface area contributed by atoms with Crippen molar-refractivity contribution >= 4 is 23.4 Å². The Morgan fingerprint density at radius 1 is 1.33 bits per heavy atom. The second kappa shape index (κ2) is 6.62. The van der Waals surface area contributed by atoms with Crippen molar-refractivity contribution in [3.8, 4) is 6.07 Å². The molecular formula is C15H11N3O6. The van der Waals surface area contributed by atoms with Crippen LogP contribution in [0.3, 0.4) is 0 Å². The van der Waals surface area contributed by atoms with Gasteiger partial charge in [-0.25, -0.2) is 4.79 Å². The van der Waals surface area contributed by atoms with Gasteiger partial charge in [-0.1, -0.05) is 0 Å². The minimum absolute atomic E-state index is 0.0704. The molecule has 0 aliphatic heterocycles. The van der Waals surface area contributed by atoms with Crippen molar-refractivity contribution in [2.24, 2.45) is 0 Å². The van der Waals surface area contributed by atoms with Crippen LogP contribution in [0.15, 0.2) is 28.7 Å². The molecule has 0 atom stereocenters. The van der Waals surface area contributed by atoms with Crippen molar-refractivity contribution in [1.29, 1.82) is 5.26 Å². The van der Waals surface area contributed by atoms with Crippen molar-refractivity contribution in [3.63, 3.8) is 0 Å². The number of ether oxygens (including phenoxy) is 1. The highest BCUT2D eigenvalue weighted by Crippen LogP contribution is 2.27. The van der Waals surface area contributed by atoms with Crippen LogP contribution < -0.4 is 5.32 Å². The molecule has 0 bridgehead atoms. The van der Waals surface area contributed by atoms with Crippen LogP contribution in [0.4, 0.5) is 11.6 Å². The van der Waals surface area contributed by atoms with Crippen molar-refractivity contribution in [2.45, 2.75) is 6.92 Å². The molecule has 2 aromatic rings. The molecule has 0 fully saturated rings. The number of aryl methyl sites for hydroxylation is 1. The number of nitrogens with zero attached hydrogens (tertiary/aromatic N) is 2. The van der Waals surface area contributed by atoms with E-state index >= 15 is 0 Å². The molecule has 1 aromatic carbocycles. The fourth-order valence-corrected chi connectivity index (χ4v) is 2.00. The summed E-state index contributed by atoms with van der Waals surface area (Å²) >= 11 is 0. The van der Waals surface area contributed by atoms with E-state index in [2.05, 4.69) is 10.1 Å². The second-order valence-electron chi connectivity index (χ2n) is 4.60. The summed E-state index contributed by atoms with van der Waals surface area (Å²) in [6.45, 7) is 1.45. The van der Waals surface area contributed by atoms with Crippen LogP contribution in [0.5, 0.6) is 0 Å². The fraction of sp³-hybridized carbons (Fsp3) is 0.133. The van der Waals surface area contributed by atoms with Crippen LogP contribution in [-0.4, -0.2) is 23.9 Å². The number of nitro groups is 1. The molecule has 1 N–H and O–H groups in total. The monoisotopic (exact) mass is 329 g/mol. The molecule has 1 heterocycles. The number of rotatable bonds is 4. The van der Waals surface area contributed by atoms with E-state index < -0.39 is 16.8 Å². The Morgan fingerprint density at radius 3 is 2.46 bits per heavy atom. The smallest absolute Gasteiger partial charge is 0.342 e. The normalized spacial score (nSPS) is 9.88. The summed E-state index contributed by atoms with van der Waals surface area (Å²) in [4.78, 5) is 33.8. The number of nitriles is 1. The highest BCUT2D eigenvalue weighted by molar-refractivity contribution is 6.05. The van der Waals surface area contributed by atoms with Gasteiger partial charge in [0, 0.05) is 17.7 Å². The predicted molar refractivity (Wildman–Crippen MR) is 80.5 cm³/mol. The molecule has 0 saturated heterocycles. The summed E-state index contributed by atoms with van der Waals surface area (Å²) in [5.74, 6) is -1.48. The standard InChI is InChI=1S/C15H11N3O6/c1-8-12(15(20)23-2)11(7-16)14(24-8)17-13(19)9-3-5-10(6-4-9)18(21)22/h3-6H,1-2H3,(H,17,19). The van der Waals surface area contributed by atoms with Crippen molar-refractivity contribution in [3.05, 3.63) is 56.8 Å². The lowest BCUT2D eigenvalue weighted by atomic mass is 10.1. The minimum Gasteiger partial charge on any atom is -0.465 e. The first-order valence-corrected chi connectivity index (χ1v) is 6.56. The molecule has 0 unspecified atom stereocenters. The largest absolute Gasteiger partial charge is 0.465 e. The van der Waals surface area contributed by atoms with Gasteiger partial charge in [0.25, 0.3) is 11.6 Å². The number of benzene rings is 1. The number of carbonyl (C=O) groups excluding carboxylic acids is 2. The van der Waals surface area contributed by atoms with Gasteiger partial charge in [0.15, 0.2) is 0 Å². The zero-order chi connectivity index (χ0) is 17.9. The molecule has 1 amide bonds. The van der Waals surface area contributed by atoms with Gasteiger partial charge in [-0.3, -0.25) is 20.2 Å². The third-order valence-corrected chi connectivity index (χ3v) is 3.15. The first kappa shape index (κ1) is 16.7. The zero-order valence-electron chi connectivity index (χ0n) is 12.7. The zero-order valence-corrected chi connectivity index (χ0v) is 12.7. The first-order valence-electron chi connectivity index (χ1n) is 6.56. The van der Waals surface area contributed by atoms with Crippen LogP contribution >= 0.6 is 0 Å². The van der Waals surface area contributed by atoms with E-state index in [1.54, 1.807) is 6.07 Å². The van der Waals surface area contributed by atoms with E-state index in [0.717, 1.165) is 7.11 Å². The van der Waals surface area contributed by atoms with Gasteiger partial charge in [0.05, 0.1) is 12.0 Å². The number of hydrogen-bond donors (Lipinski definition) is 1. The van der Waals surface area contributed by atoms with E-state index in [0.29, 0.717) is 0 Å². The Labute approximate surface area is 135 Å². The molecule has 24 heavy (non-hydrogen) atoms. The highest BCUT2D eigenvalue weighted by atomic mass is 16.6. The highest BCUT2D eigenvalue weighted by Gasteiger charge is 2.25. The topological polar surface area (TPSA) is 135 Å². The summed E-state index contributed by atoms with van der Waals surface area (Å²) in [5.41, 5.74) is -0.266. The van der Waals surface area contributed by atoms with Gasteiger partial charge >= 0.3 is 5.97 Å². The molecule has 2 rings (SSSR count). The molecule has 122 valence electrons. The molecule has 9 nitrogen and oxygen atoms in total. The maximum absolute atomic E-state index is 12.2. The van der Waals surface area contributed by atoms with Crippen LogP contribution in [0.25, 0.3) is 0 Å². The van der Waals surface area contributed by atoms with E-state index in [9.17, 15) is 25.0 Å². The van der Waals surface area contributed by atoms with Crippen molar-refractivity contribution in [1.82, 2.24) is 0 Å². The summed E-state index contributed by atoms with van der Waals surface area (Å²) < 4.78 is 9.82. The number of amides is 1. The molecular weight excluding hydrogens is 318 g/mol. The maximum Gasteiger partial charge on any atom is 0.342 e. The third-order valence-electron chi connectivity index (χ3n) is 3.15. The van der Waals surface area contributed by atoms with Crippen LogP contribution in [0.2, 0.25) is 0 Å². The van der Waals surface area contributed by atoms with Gasteiger partial charge in [0.1, 0.15) is 23.0 Å². The van der Waals surface area contributed by atoms with Crippen molar-refractivity contribution in [2.75, 3.05) is 12.4 Å². The Hall–Kier alpha value is -3.67. The van der Waals surface area contributed by atoms with Gasteiger partial charge in [-0.05, 0) is 19.1 Å². The lowest BCUT2D eigenvalue weighted by molar-refractivity contribution is -0.384. The quantitative estimate of drug-likeness (QED) is 0.516. The predicted octanol–water partition coefficient (Wildman–Crippen LogP) is 2.41. The summed E-state index contributed by atoms with van der Waals surface area (Å²) in [5, 5.41) is 22.2. The molecule has 0 aliphatic rings. The van der Waals surface area contributed by atoms with Gasteiger partial charge in [-0.2, -0.15) is 5.26 Å². The third kappa shape index (κ3) is 3.07. The summed E-state index contributed by atoms with van der Waals surface area (Å²) in [7, 11) is 1.16. The molecule has 0 spiro atoms. The number of furan rings is 1. The van der Waals surface area contributed by atoms with Crippen molar-refractivity contribution < 1.29 is 23.7 Å². The number of anilines is 1. The van der Waals surface area contributed by atoms with Gasteiger partial charge < -0.3 is 9.15 Å². The lowest BCUT2D eigenvalue weighted by Crippen LogP contribution is -2.12. The summed E-state index contributed by atoms with van der Waals surface area (Å²) in [6.07, 6.45) is 0. The van der Waals surface area contributed by atoms with Gasteiger partial charge in [-0.15, -0.1) is 0 Å². The Bertz CT molecular complexity index is 861. The van der Waals surface area contributed by atoms with E-state index in [1.165, 1.54) is 31.2 Å². The SMILES string of the molecule is COC(=O)c1c(C)oc(NC(=O)c2ccc([N+](=O)[O-])cc2)c1C#N. The number of esters is 1. The second-order valence-corrected chi connectivity index (χ2v) is 4.60. The molecule has 1 aromatic heterocycles. The molecule has 0 saturated carbocycles. The lowest BCUT2D eigenvalue weighted by Gasteiger charge is -2.02. The molecule has 0 aliphatic carbocycles. The minimum atomic E-state index is -0.761. The van der Waals surface area contributed by atoms with E-state index in [1.807, 2.05) is 0 Å². The number of non-ortho nitro benzene ring substituents is 1. The number of nitrogens with one attached hydrogen (secondary N) is 1. The number of methoxy groups -OCH3 is 1. The van der Waals surface area contributed by atoms with Crippen LogP contribution in [-0.2, 0) is 4.74 Å². The fourth-order valence-electron chi connectivity index (χ4n) is 2.00. The first-order chi connectivity index (χ1) is 11.4. The van der Waals surface area contributed by atoms with E-state index in [4.69, 9.17) is 4.42 Å². The molecule has 0 radical (unpaired) electrons. The molecule has 9 heteroatoms. The Balaban J connectivity index is 2.31. The Morgan fingerprint density at radius 2 is 1.96 bits per heavy atom. The van der Waals surface area contributed by atoms with Gasteiger partial charge in [0.2, 0.25) is 5.88 Å².